The molecule has 0 radical (unpaired) electrons. The lowest BCUT2D eigenvalue weighted by molar-refractivity contribution is -0.199. The number of fused-ring (bicyclic) bond motifs is 2. The number of aliphatic hydroxyl groups excluding tert-OH is 2. The number of ether oxygens (including phenoxy) is 1. The smallest absolute Gasteiger partial charge is 0.181 e. The lowest BCUT2D eigenvalue weighted by Crippen LogP contribution is -2.68. The average Bonchev–Trinajstić information content (AvgIpc) is 3.52. The van der Waals surface area contributed by atoms with Crippen molar-refractivity contribution in [1.82, 2.24) is 9.88 Å². The molecule has 7 rings (SSSR count). The van der Waals surface area contributed by atoms with Crippen molar-refractivity contribution < 1.29 is 19.4 Å². The molecule has 8 atom stereocenters. The molecule has 0 amide bonds. The highest BCUT2D eigenvalue weighted by Crippen LogP contribution is 2.71. The van der Waals surface area contributed by atoms with Gasteiger partial charge in [-0.15, -0.1) is 11.6 Å². The van der Waals surface area contributed by atoms with Crippen molar-refractivity contribution in [3.63, 3.8) is 0 Å². The molecule has 3 heterocycles. The van der Waals surface area contributed by atoms with E-state index < -0.39 is 28.3 Å². The lowest BCUT2D eigenvalue weighted by atomic mass is 9.54. The molecule has 1 aromatic carbocycles. The Morgan fingerprint density at radius 3 is 2.77 bits per heavy atom. The number of allylic oxidation sites excluding steroid dienone is 2. The maximum Gasteiger partial charge on any atom is 0.181 e. The molecule has 2 aliphatic heterocycles. The van der Waals surface area contributed by atoms with Crippen LogP contribution in [0.25, 0.3) is 16.7 Å². The van der Waals surface area contributed by atoms with Crippen LogP contribution >= 0.6 is 11.6 Å². The molecule has 186 valence electrons. The summed E-state index contributed by atoms with van der Waals surface area (Å²) in [4.78, 5) is 5.60. The fourth-order valence-electron chi connectivity index (χ4n) is 8.45. The molecule has 1 saturated heterocycles. The zero-order chi connectivity index (χ0) is 24.4. The zero-order valence-corrected chi connectivity index (χ0v) is 21.3. The molecule has 2 aromatic rings. The van der Waals surface area contributed by atoms with E-state index in [4.69, 9.17) is 20.8 Å². The molecule has 1 aromatic heterocycles. The van der Waals surface area contributed by atoms with Crippen LogP contribution < -0.4 is 0 Å². The minimum atomic E-state index is -0.956. The molecule has 2 bridgehead atoms. The van der Waals surface area contributed by atoms with E-state index in [0.717, 1.165) is 48.8 Å². The standard InChI is InChI=1S/C28H33ClN2O4/c1-25-8-10-27(29)13-18-23(32)24(33)20(31(2)3)14-26(18)9-11-28(27,35-26)22(25)7-5-17(25)16-4-6-19-21(12-16)34-15-30-19/h4-6,12-13,15,20,22-24,32-33H,7-11,14H2,1-3H3. The van der Waals surface area contributed by atoms with Crippen LogP contribution in [0, 0.1) is 11.3 Å². The van der Waals surface area contributed by atoms with Gasteiger partial charge < -0.3 is 24.3 Å². The SMILES string of the molecule is CN(C)C1CC23CCC4(O2)C2CC=C(c5ccc6ncoc6c5)C2(C)CCC4(Cl)C=C3C(O)C1O. The van der Waals surface area contributed by atoms with E-state index in [1.165, 1.54) is 17.5 Å². The summed E-state index contributed by atoms with van der Waals surface area (Å²) in [5.74, 6) is 0.237. The molecule has 5 aliphatic rings. The van der Waals surface area contributed by atoms with Crippen molar-refractivity contribution in [1.29, 1.82) is 0 Å². The Bertz CT molecular complexity index is 1290. The number of hydrogen-bond acceptors (Lipinski definition) is 6. The van der Waals surface area contributed by atoms with Gasteiger partial charge in [0.25, 0.3) is 0 Å². The van der Waals surface area contributed by atoms with Crippen LogP contribution in [0.2, 0.25) is 0 Å². The van der Waals surface area contributed by atoms with Crippen molar-refractivity contribution >= 4 is 28.3 Å². The van der Waals surface area contributed by atoms with Gasteiger partial charge in [-0.2, -0.15) is 0 Å². The second-order valence-electron chi connectivity index (χ2n) is 12.0. The Morgan fingerprint density at radius 1 is 1.14 bits per heavy atom. The average molecular weight is 497 g/mol. The highest BCUT2D eigenvalue weighted by atomic mass is 35.5. The summed E-state index contributed by atoms with van der Waals surface area (Å²) in [6, 6.07) is 6.13. The predicted molar refractivity (Wildman–Crippen MR) is 134 cm³/mol. The van der Waals surface area contributed by atoms with E-state index in [9.17, 15) is 10.2 Å². The largest absolute Gasteiger partial charge is 0.443 e. The highest BCUT2D eigenvalue weighted by molar-refractivity contribution is 6.26. The topological polar surface area (TPSA) is 79.0 Å². The van der Waals surface area contributed by atoms with Crippen LogP contribution in [0.4, 0.5) is 0 Å². The van der Waals surface area contributed by atoms with Gasteiger partial charge in [0.2, 0.25) is 0 Å². The van der Waals surface area contributed by atoms with Crippen LogP contribution in [0.5, 0.6) is 0 Å². The van der Waals surface area contributed by atoms with Crippen molar-refractivity contribution in [3.05, 3.63) is 47.9 Å². The molecule has 2 N–H and O–H groups in total. The Balaban J connectivity index is 1.31. The normalized spacial score (nSPS) is 46.3. The summed E-state index contributed by atoms with van der Waals surface area (Å²) >= 11 is 7.52. The maximum atomic E-state index is 11.2. The molecular formula is C28H33ClN2O4. The van der Waals surface area contributed by atoms with Crippen LogP contribution in [0.1, 0.15) is 51.0 Å². The summed E-state index contributed by atoms with van der Waals surface area (Å²) in [6.45, 7) is 2.38. The number of nitrogens with zero attached hydrogens (tertiary/aromatic N) is 2. The molecule has 35 heavy (non-hydrogen) atoms. The Hall–Kier alpha value is -1.70. The first-order valence-corrected chi connectivity index (χ1v) is 13.2. The molecule has 8 unspecified atom stereocenters. The highest BCUT2D eigenvalue weighted by Gasteiger charge is 2.73. The summed E-state index contributed by atoms with van der Waals surface area (Å²) in [7, 11) is 3.92. The Kier molecular flexibility index (Phi) is 4.49. The number of rotatable bonds is 2. The third-order valence-electron chi connectivity index (χ3n) is 10.3. The molecule has 3 fully saturated rings. The fraction of sp³-hybridized carbons (Fsp3) is 0.607. The van der Waals surface area contributed by atoms with Crippen LogP contribution in [-0.2, 0) is 4.74 Å². The fourth-order valence-corrected chi connectivity index (χ4v) is 8.93. The predicted octanol–water partition coefficient (Wildman–Crippen LogP) is 4.29. The quantitative estimate of drug-likeness (QED) is 0.477. The number of benzene rings is 1. The second-order valence-corrected chi connectivity index (χ2v) is 12.7. The number of alkyl halides is 1. The van der Waals surface area contributed by atoms with Gasteiger partial charge in [-0.3, -0.25) is 0 Å². The van der Waals surface area contributed by atoms with Gasteiger partial charge in [0, 0.05) is 12.0 Å². The van der Waals surface area contributed by atoms with Crippen LogP contribution in [0.3, 0.4) is 0 Å². The summed E-state index contributed by atoms with van der Waals surface area (Å²) in [5.41, 5.74) is 3.87. The summed E-state index contributed by atoms with van der Waals surface area (Å²) < 4.78 is 12.8. The minimum Gasteiger partial charge on any atom is -0.443 e. The molecule has 3 aliphatic carbocycles. The number of hydrogen-bond donors (Lipinski definition) is 2. The van der Waals surface area contributed by atoms with Crippen molar-refractivity contribution in [2.75, 3.05) is 14.1 Å². The van der Waals surface area contributed by atoms with Crippen LogP contribution in [-0.4, -0.2) is 68.5 Å². The van der Waals surface area contributed by atoms with Gasteiger partial charge in [0.1, 0.15) is 11.6 Å². The van der Waals surface area contributed by atoms with Gasteiger partial charge >= 0.3 is 0 Å². The first kappa shape index (κ1) is 22.5. The zero-order valence-electron chi connectivity index (χ0n) is 20.5. The number of aliphatic hydroxyl groups is 2. The molecule has 2 saturated carbocycles. The van der Waals surface area contributed by atoms with E-state index in [0.29, 0.717) is 6.42 Å². The van der Waals surface area contributed by atoms with E-state index in [2.05, 4.69) is 36.2 Å². The number of halogens is 1. The van der Waals surface area contributed by atoms with Gasteiger partial charge in [0.15, 0.2) is 12.0 Å². The van der Waals surface area contributed by atoms with Crippen molar-refractivity contribution in [2.45, 2.75) is 79.8 Å². The van der Waals surface area contributed by atoms with Gasteiger partial charge in [-0.1, -0.05) is 25.1 Å². The lowest BCUT2D eigenvalue weighted by Gasteiger charge is -2.61. The second kappa shape index (κ2) is 6.99. The molecule has 2 spiro atoms. The van der Waals surface area contributed by atoms with E-state index in [1.54, 1.807) is 0 Å². The van der Waals surface area contributed by atoms with Crippen molar-refractivity contribution in [2.24, 2.45) is 11.3 Å². The van der Waals surface area contributed by atoms with Gasteiger partial charge in [0.05, 0.1) is 22.2 Å². The summed E-state index contributed by atoms with van der Waals surface area (Å²) in [5, 5.41) is 22.1. The Labute approximate surface area is 210 Å². The summed E-state index contributed by atoms with van der Waals surface area (Å²) in [6.07, 6.45) is 9.16. The van der Waals surface area contributed by atoms with Gasteiger partial charge in [-0.25, -0.2) is 4.98 Å². The first-order valence-electron chi connectivity index (χ1n) is 12.8. The molecule has 7 heteroatoms. The minimum absolute atomic E-state index is 0.0727. The monoisotopic (exact) mass is 496 g/mol. The van der Waals surface area contributed by atoms with E-state index >= 15 is 0 Å². The van der Waals surface area contributed by atoms with Crippen LogP contribution in [0.15, 0.2) is 46.7 Å². The third-order valence-corrected chi connectivity index (χ3v) is 10.9. The van der Waals surface area contributed by atoms with Crippen molar-refractivity contribution in [3.8, 4) is 0 Å². The maximum absolute atomic E-state index is 11.2. The first-order chi connectivity index (χ1) is 16.6. The molecular weight excluding hydrogens is 464 g/mol. The number of aromatic nitrogens is 1. The van der Waals surface area contributed by atoms with Gasteiger partial charge in [-0.05, 0) is 86.9 Å². The number of likely N-dealkylation sites (N-methyl/N-ethyl adjacent to an activating group) is 1. The number of oxazole rings is 1. The van der Waals surface area contributed by atoms with E-state index in [-0.39, 0.29) is 17.4 Å². The van der Waals surface area contributed by atoms with E-state index in [1.807, 2.05) is 25.1 Å². The Morgan fingerprint density at radius 2 is 1.97 bits per heavy atom. The third kappa shape index (κ3) is 2.67. The molecule has 6 nitrogen and oxygen atoms in total.